The van der Waals surface area contributed by atoms with Gasteiger partial charge in [-0.05, 0) is 61.4 Å². The summed E-state index contributed by atoms with van der Waals surface area (Å²) in [5, 5.41) is 0.477. The van der Waals surface area contributed by atoms with Gasteiger partial charge >= 0.3 is 5.97 Å². The van der Waals surface area contributed by atoms with E-state index in [1.54, 1.807) is 36.4 Å². The number of hydrogen-bond donors (Lipinski definition) is 0. The molecule has 0 radical (unpaired) electrons. The highest BCUT2D eigenvalue weighted by Gasteiger charge is 2.37. The van der Waals surface area contributed by atoms with Gasteiger partial charge in [-0.3, -0.25) is 14.4 Å². The molecule has 1 unspecified atom stereocenters. The molecular formula is C26H20ClNO5. The van der Waals surface area contributed by atoms with E-state index in [1.165, 1.54) is 25.1 Å². The number of imide groups is 1. The van der Waals surface area contributed by atoms with Crippen LogP contribution in [0.3, 0.4) is 0 Å². The summed E-state index contributed by atoms with van der Waals surface area (Å²) < 4.78 is 5.34. The first-order valence-electron chi connectivity index (χ1n) is 10.4. The van der Waals surface area contributed by atoms with Crippen LogP contribution in [0.15, 0.2) is 66.7 Å². The van der Waals surface area contributed by atoms with Crippen molar-refractivity contribution in [2.45, 2.75) is 26.4 Å². The number of rotatable bonds is 6. The zero-order chi connectivity index (χ0) is 23.7. The second-order valence-corrected chi connectivity index (χ2v) is 8.08. The molecule has 6 nitrogen and oxygen atoms in total. The maximum absolute atomic E-state index is 12.9. The number of Topliss-reactive ketones (excluding diaryl/α,β-unsaturated/α-hetero) is 1. The molecule has 3 aromatic rings. The van der Waals surface area contributed by atoms with E-state index >= 15 is 0 Å². The first-order valence-corrected chi connectivity index (χ1v) is 10.8. The van der Waals surface area contributed by atoms with Gasteiger partial charge in [0.15, 0.2) is 6.10 Å². The maximum atomic E-state index is 12.9. The average Bonchev–Trinajstić information content (AvgIpc) is 3.08. The normalized spacial score (nSPS) is 13.6. The van der Waals surface area contributed by atoms with Gasteiger partial charge < -0.3 is 4.74 Å². The minimum absolute atomic E-state index is 0.0776. The van der Waals surface area contributed by atoms with Gasteiger partial charge in [0.05, 0.1) is 22.4 Å². The van der Waals surface area contributed by atoms with Gasteiger partial charge in [0.2, 0.25) is 5.78 Å². The predicted octanol–water partition coefficient (Wildman–Crippen LogP) is 5.13. The zero-order valence-corrected chi connectivity index (χ0v) is 18.8. The van der Waals surface area contributed by atoms with Crippen LogP contribution in [0.1, 0.15) is 60.8 Å². The third-order valence-electron chi connectivity index (χ3n) is 5.51. The first-order chi connectivity index (χ1) is 15.8. The monoisotopic (exact) mass is 461 g/mol. The Morgan fingerprint density at radius 1 is 0.879 bits per heavy atom. The Morgan fingerprint density at radius 3 is 2.12 bits per heavy atom. The highest BCUT2D eigenvalue weighted by molar-refractivity contribution is 6.35. The molecule has 1 atom stereocenters. The van der Waals surface area contributed by atoms with Gasteiger partial charge in [0, 0.05) is 10.6 Å². The van der Waals surface area contributed by atoms with Crippen molar-refractivity contribution in [3.05, 3.63) is 99.6 Å². The number of esters is 1. The molecule has 0 aromatic heterocycles. The zero-order valence-electron chi connectivity index (χ0n) is 18.0. The van der Waals surface area contributed by atoms with Crippen LogP contribution in [0.2, 0.25) is 5.02 Å². The van der Waals surface area contributed by atoms with Crippen LogP contribution in [-0.2, 0) is 11.2 Å². The third kappa shape index (κ3) is 4.30. The van der Waals surface area contributed by atoms with Gasteiger partial charge in [0.25, 0.3) is 11.8 Å². The number of amides is 2. The standard InChI is InChI=1S/C26H20ClNO5/c1-3-16-4-6-17(7-5-16)23(29)15(2)33-26(32)18-8-13-21-22(14-18)25(31)28(24(21)30)20-11-9-19(27)10-12-20/h4-15H,3H2,1-2H3. The summed E-state index contributed by atoms with van der Waals surface area (Å²) >= 11 is 5.89. The van der Waals surface area contributed by atoms with Crippen LogP contribution < -0.4 is 4.90 Å². The molecule has 0 aliphatic carbocycles. The second kappa shape index (κ2) is 9.00. The number of carbonyl (C=O) groups is 4. The molecule has 2 amide bonds. The number of aryl methyl sites for hydroxylation is 1. The van der Waals surface area contributed by atoms with E-state index in [4.69, 9.17) is 16.3 Å². The molecule has 1 aliphatic rings. The van der Waals surface area contributed by atoms with Gasteiger partial charge in [-0.15, -0.1) is 0 Å². The molecular weight excluding hydrogens is 442 g/mol. The number of halogens is 1. The SMILES string of the molecule is CCc1ccc(C(=O)C(C)OC(=O)c2ccc3c(c2)C(=O)N(c2ccc(Cl)cc2)C3=O)cc1. The number of hydrogen-bond acceptors (Lipinski definition) is 5. The van der Waals surface area contributed by atoms with E-state index in [1.807, 2.05) is 19.1 Å². The van der Waals surface area contributed by atoms with Gasteiger partial charge in [-0.1, -0.05) is 42.8 Å². The summed E-state index contributed by atoms with van der Waals surface area (Å²) in [5.41, 5.74) is 2.28. The fourth-order valence-electron chi connectivity index (χ4n) is 3.61. The molecule has 1 aliphatic heterocycles. The fraction of sp³-hybridized carbons (Fsp3) is 0.154. The second-order valence-electron chi connectivity index (χ2n) is 7.64. The van der Waals surface area contributed by atoms with Crippen LogP contribution >= 0.6 is 11.6 Å². The van der Waals surface area contributed by atoms with Crippen molar-refractivity contribution < 1.29 is 23.9 Å². The third-order valence-corrected chi connectivity index (χ3v) is 5.76. The molecule has 33 heavy (non-hydrogen) atoms. The van der Waals surface area contributed by atoms with E-state index in [2.05, 4.69) is 0 Å². The van der Waals surface area contributed by atoms with E-state index in [9.17, 15) is 19.2 Å². The largest absolute Gasteiger partial charge is 0.451 e. The molecule has 4 rings (SSSR count). The van der Waals surface area contributed by atoms with Gasteiger partial charge in [-0.2, -0.15) is 0 Å². The molecule has 0 N–H and O–H groups in total. The first kappa shape index (κ1) is 22.4. The molecule has 3 aromatic carbocycles. The summed E-state index contributed by atoms with van der Waals surface area (Å²) in [7, 11) is 0. The summed E-state index contributed by atoms with van der Waals surface area (Å²) in [6, 6.07) is 17.6. The smallest absolute Gasteiger partial charge is 0.338 e. The summed E-state index contributed by atoms with van der Waals surface area (Å²) in [6.45, 7) is 3.52. The number of carbonyl (C=O) groups excluding carboxylic acids is 4. The van der Waals surface area contributed by atoms with Crippen LogP contribution in [0.4, 0.5) is 5.69 Å². The predicted molar refractivity (Wildman–Crippen MR) is 124 cm³/mol. The lowest BCUT2D eigenvalue weighted by atomic mass is 10.0. The summed E-state index contributed by atoms with van der Waals surface area (Å²) in [4.78, 5) is 52.0. The van der Waals surface area contributed by atoms with Crippen molar-refractivity contribution in [1.29, 1.82) is 0 Å². The van der Waals surface area contributed by atoms with E-state index < -0.39 is 23.9 Å². The Kier molecular flexibility index (Phi) is 6.11. The molecule has 166 valence electrons. The van der Waals surface area contributed by atoms with E-state index in [0.717, 1.165) is 16.9 Å². The van der Waals surface area contributed by atoms with Crippen LogP contribution in [0.25, 0.3) is 0 Å². The number of ketones is 1. The molecule has 0 saturated heterocycles. The van der Waals surface area contributed by atoms with Crippen LogP contribution in [0, 0.1) is 0 Å². The van der Waals surface area contributed by atoms with Crippen molar-refractivity contribution in [1.82, 2.24) is 0 Å². The van der Waals surface area contributed by atoms with Crippen molar-refractivity contribution in [2.24, 2.45) is 0 Å². The van der Waals surface area contributed by atoms with Crippen molar-refractivity contribution in [2.75, 3.05) is 4.90 Å². The highest BCUT2D eigenvalue weighted by Crippen LogP contribution is 2.30. The van der Waals surface area contributed by atoms with Crippen molar-refractivity contribution >= 4 is 40.9 Å². The molecule has 0 spiro atoms. The summed E-state index contributed by atoms with van der Waals surface area (Å²) in [5.74, 6) is -2.12. The Labute approximate surface area is 195 Å². The molecule has 0 fully saturated rings. The Morgan fingerprint density at radius 2 is 1.48 bits per heavy atom. The Hall–Kier alpha value is -3.77. The molecule has 0 saturated carbocycles. The summed E-state index contributed by atoms with van der Waals surface area (Å²) in [6.07, 6.45) is -0.158. The van der Waals surface area contributed by atoms with Crippen molar-refractivity contribution in [3.63, 3.8) is 0 Å². The average molecular weight is 462 g/mol. The fourth-order valence-corrected chi connectivity index (χ4v) is 3.74. The quantitative estimate of drug-likeness (QED) is 0.289. The van der Waals surface area contributed by atoms with Crippen LogP contribution in [-0.4, -0.2) is 29.7 Å². The molecule has 0 bridgehead atoms. The minimum atomic E-state index is -1.01. The minimum Gasteiger partial charge on any atom is -0.451 e. The van der Waals surface area contributed by atoms with Crippen LogP contribution in [0.5, 0.6) is 0 Å². The lowest BCUT2D eigenvalue weighted by Crippen LogP contribution is -2.29. The number of benzene rings is 3. The molecule has 7 heteroatoms. The Bertz CT molecular complexity index is 1260. The van der Waals surface area contributed by atoms with Crippen molar-refractivity contribution in [3.8, 4) is 0 Å². The number of nitrogens with zero attached hydrogens (tertiary/aromatic N) is 1. The van der Waals surface area contributed by atoms with Gasteiger partial charge in [0.1, 0.15) is 0 Å². The number of fused-ring (bicyclic) bond motifs is 1. The topological polar surface area (TPSA) is 80.8 Å². The lowest BCUT2D eigenvalue weighted by molar-refractivity contribution is 0.0318. The van der Waals surface area contributed by atoms with Gasteiger partial charge in [-0.25, -0.2) is 9.69 Å². The maximum Gasteiger partial charge on any atom is 0.338 e. The van der Waals surface area contributed by atoms with E-state index in [-0.39, 0.29) is 22.5 Å². The Balaban J connectivity index is 1.51. The highest BCUT2D eigenvalue weighted by atomic mass is 35.5. The number of anilines is 1. The van der Waals surface area contributed by atoms with E-state index in [0.29, 0.717) is 16.3 Å². The molecule has 1 heterocycles. The number of ether oxygens (including phenoxy) is 1. The lowest BCUT2D eigenvalue weighted by Gasteiger charge is -2.13.